The molecule has 0 aliphatic heterocycles. The first-order valence-electron chi connectivity index (χ1n) is 32.6. The number of hydrogen-bond acceptors (Lipinski definition) is 6. The normalized spacial score (nSPS) is 13.5. The maximum atomic E-state index is 12.9. The molecule has 0 aliphatic carbocycles. The Balaban J connectivity index is 4.67. The summed E-state index contributed by atoms with van der Waals surface area (Å²) in [5.41, 5.74) is 0. The summed E-state index contributed by atoms with van der Waals surface area (Å²) in [5, 5.41) is 0. The van der Waals surface area contributed by atoms with Crippen LogP contribution in [-0.4, -0.2) is 37.2 Å². The van der Waals surface area contributed by atoms with E-state index < -0.39 is 12.1 Å². The minimum Gasteiger partial charge on any atom is -0.462 e. The standard InChI is InChI=1S/C77H116O6/c1-4-7-10-13-16-19-22-25-28-31-34-36-38-40-43-46-49-52-55-58-61-64-67-70-76(79)82-73-74(72-81-75(78)69-66-63-60-57-54-51-48-45-42-33-30-27-24-21-18-15-12-9-6-3)83-77(80)71-68-65-62-59-56-53-50-47-44-41-39-37-35-32-29-26-23-20-17-14-11-8-5-2/h7-8,10-11,16-21,25-30,34-37,40-45,49-50,52-53,58-59,61-62,74H,4-6,9,12-15,22-24,31-33,38-39,46-48,51,54-57,60,63-73H2,1-3H3/b10-7-,11-8-,19-16-,20-17-,21-18-,28-25-,29-26-,30-27-,36-34-,37-35-,43-40-,44-41-,45-42-,52-49-,53-50-,61-58-,62-59-. The number of rotatable bonds is 56. The van der Waals surface area contributed by atoms with Gasteiger partial charge in [-0.25, -0.2) is 0 Å². The summed E-state index contributed by atoms with van der Waals surface area (Å²) in [6.07, 6.45) is 105. The van der Waals surface area contributed by atoms with Crippen molar-refractivity contribution < 1.29 is 28.6 Å². The van der Waals surface area contributed by atoms with Crippen molar-refractivity contribution in [2.24, 2.45) is 0 Å². The van der Waals surface area contributed by atoms with Crippen LogP contribution in [0.1, 0.15) is 239 Å². The van der Waals surface area contributed by atoms with Crippen molar-refractivity contribution >= 4 is 17.9 Å². The third-order valence-electron chi connectivity index (χ3n) is 12.8. The molecule has 0 heterocycles. The topological polar surface area (TPSA) is 78.9 Å². The van der Waals surface area contributed by atoms with Gasteiger partial charge in [-0.1, -0.05) is 266 Å². The van der Waals surface area contributed by atoms with Crippen LogP contribution in [0.5, 0.6) is 0 Å². The van der Waals surface area contributed by atoms with Crippen molar-refractivity contribution in [2.75, 3.05) is 13.2 Å². The van der Waals surface area contributed by atoms with E-state index in [1.54, 1.807) is 0 Å². The molecule has 6 heteroatoms. The van der Waals surface area contributed by atoms with Gasteiger partial charge in [-0.3, -0.25) is 14.4 Å². The van der Waals surface area contributed by atoms with Crippen LogP contribution in [0.3, 0.4) is 0 Å². The Labute approximate surface area is 509 Å². The number of carbonyl (C=O) groups is 3. The van der Waals surface area contributed by atoms with Gasteiger partial charge in [-0.2, -0.15) is 0 Å². The van der Waals surface area contributed by atoms with Gasteiger partial charge >= 0.3 is 17.9 Å². The number of ether oxygens (including phenoxy) is 3. The van der Waals surface area contributed by atoms with Gasteiger partial charge < -0.3 is 14.2 Å². The molecule has 460 valence electrons. The van der Waals surface area contributed by atoms with E-state index in [0.717, 1.165) is 148 Å². The molecule has 0 aliphatic rings. The molecule has 83 heavy (non-hydrogen) atoms. The van der Waals surface area contributed by atoms with Gasteiger partial charge in [0.2, 0.25) is 0 Å². The van der Waals surface area contributed by atoms with Gasteiger partial charge in [0.1, 0.15) is 13.2 Å². The first-order chi connectivity index (χ1) is 41.0. The lowest BCUT2D eigenvalue weighted by molar-refractivity contribution is -0.167. The molecular weight excluding hydrogens is 1020 g/mol. The van der Waals surface area contributed by atoms with E-state index in [1.807, 2.05) is 0 Å². The van der Waals surface area contributed by atoms with Crippen molar-refractivity contribution in [3.8, 4) is 0 Å². The molecule has 0 amide bonds. The summed E-state index contributed by atoms with van der Waals surface area (Å²) in [6.45, 7) is 6.26. The Morgan fingerprint density at radius 3 is 0.783 bits per heavy atom. The van der Waals surface area contributed by atoms with Crippen molar-refractivity contribution in [1.29, 1.82) is 0 Å². The lowest BCUT2D eigenvalue weighted by atomic mass is 10.1. The zero-order chi connectivity index (χ0) is 59.9. The SMILES string of the molecule is CC/C=C\C/C=C\C/C=C\C/C=C\C/C=C\C/C=C\C/C=C\CCCC(=O)OCC(COC(=O)CCCCCCCC/C=C\C/C=C\C/C=C\CCCCC)OC(=O)CCC/C=C\C/C=C\C/C=C\C/C=C\C/C=C\C/C=C\C/C=C\CC. The Morgan fingerprint density at radius 1 is 0.253 bits per heavy atom. The van der Waals surface area contributed by atoms with E-state index in [9.17, 15) is 14.4 Å². The summed E-state index contributed by atoms with van der Waals surface area (Å²) >= 11 is 0. The third-order valence-corrected chi connectivity index (χ3v) is 12.8. The van der Waals surface area contributed by atoms with Crippen LogP contribution in [0.2, 0.25) is 0 Å². The molecule has 0 aromatic heterocycles. The number of allylic oxidation sites excluding steroid dienone is 34. The Morgan fingerprint density at radius 2 is 0.482 bits per heavy atom. The number of hydrogen-bond donors (Lipinski definition) is 0. The molecule has 0 aromatic rings. The van der Waals surface area contributed by atoms with Crippen molar-refractivity contribution in [3.63, 3.8) is 0 Å². The molecule has 0 N–H and O–H groups in total. The largest absolute Gasteiger partial charge is 0.462 e. The second kappa shape index (κ2) is 68.5. The van der Waals surface area contributed by atoms with Crippen molar-refractivity contribution in [1.82, 2.24) is 0 Å². The summed E-state index contributed by atoms with van der Waals surface area (Å²) < 4.78 is 16.8. The lowest BCUT2D eigenvalue weighted by Crippen LogP contribution is -2.30. The minimum absolute atomic E-state index is 0.138. The number of esters is 3. The van der Waals surface area contributed by atoms with Crippen LogP contribution in [0.25, 0.3) is 0 Å². The van der Waals surface area contributed by atoms with Crippen LogP contribution >= 0.6 is 0 Å². The summed E-state index contributed by atoms with van der Waals surface area (Å²) in [4.78, 5) is 38.4. The maximum Gasteiger partial charge on any atom is 0.306 e. The molecule has 0 bridgehead atoms. The molecular formula is C77H116O6. The molecule has 1 atom stereocenters. The summed E-state index contributed by atoms with van der Waals surface area (Å²) in [7, 11) is 0. The van der Waals surface area contributed by atoms with Crippen molar-refractivity contribution in [2.45, 2.75) is 245 Å². The molecule has 0 fully saturated rings. The fourth-order valence-electron chi connectivity index (χ4n) is 7.96. The molecule has 1 unspecified atom stereocenters. The number of carbonyl (C=O) groups excluding carboxylic acids is 3. The monoisotopic (exact) mass is 1140 g/mol. The van der Waals surface area contributed by atoms with E-state index in [4.69, 9.17) is 14.2 Å². The first kappa shape index (κ1) is 77.0. The zero-order valence-corrected chi connectivity index (χ0v) is 52.6. The second-order valence-electron chi connectivity index (χ2n) is 20.5. The maximum absolute atomic E-state index is 12.9. The van der Waals surface area contributed by atoms with Gasteiger partial charge in [-0.15, -0.1) is 0 Å². The highest BCUT2D eigenvalue weighted by molar-refractivity contribution is 5.71. The van der Waals surface area contributed by atoms with Crippen LogP contribution in [-0.2, 0) is 28.6 Å². The average molecular weight is 1140 g/mol. The van der Waals surface area contributed by atoms with Crippen LogP contribution in [0.4, 0.5) is 0 Å². The number of unbranched alkanes of at least 4 members (excludes halogenated alkanes) is 11. The summed E-state index contributed by atoms with van der Waals surface area (Å²) in [5.74, 6) is -1.08. The first-order valence-corrected chi connectivity index (χ1v) is 32.6. The van der Waals surface area contributed by atoms with E-state index >= 15 is 0 Å². The second-order valence-corrected chi connectivity index (χ2v) is 20.5. The third kappa shape index (κ3) is 66.7. The Hall–Kier alpha value is -6.01. The Kier molecular flexibility index (Phi) is 63.5. The molecule has 0 spiro atoms. The minimum atomic E-state index is -0.854. The highest BCUT2D eigenvalue weighted by Gasteiger charge is 2.19. The van der Waals surface area contributed by atoms with E-state index in [2.05, 4.69) is 227 Å². The molecule has 0 aromatic carbocycles. The van der Waals surface area contributed by atoms with Crippen LogP contribution in [0, 0.1) is 0 Å². The van der Waals surface area contributed by atoms with Gasteiger partial charge in [0.15, 0.2) is 6.10 Å². The molecule has 0 rings (SSSR count). The van der Waals surface area contributed by atoms with Gasteiger partial charge in [-0.05, 0) is 161 Å². The lowest BCUT2D eigenvalue weighted by Gasteiger charge is -2.18. The van der Waals surface area contributed by atoms with Gasteiger partial charge in [0, 0.05) is 19.3 Å². The van der Waals surface area contributed by atoms with E-state index in [1.165, 1.54) is 38.5 Å². The van der Waals surface area contributed by atoms with Crippen LogP contribution in [0.15, 0.2) is 207 Å². The van der Waals surface area contributed by atoms with Gasteiger partial charge in [0.25, 0.3) is 0 Å². The smallest absolute Gasteiger partial charge is 0.306 e. The molecule has 6 nitrogen and oxygen atoms in total. The van der Waals surface area contributed by atoms with E-state index in [-0.39, 0.29) is 38.0 Å². The van der Waals surface area contributed by atoms with Gasteiger partial charge in [0.05, 0.1) is 0 Å². The fourth-order valence-corrected chi connectivity index (χ4v) is 7.96. The quantitative estimate of drug-likeness (QED) is 0.0261. The predicted molar refractivity (Wildman–Crippen MR) is 361 cm³/mol. The molecule has 0 radical (unpaired) electrons. The highest BCUT2D eigenvalue weighted by atomic mass is 16.6. The fraction of sp³-hybridized carbons (Fsp3) is 0.519. The highest BCUT2D eigenvalue weighted by Crippen LogP contribution is 2.12. The average Bonchev–Trinajstić information content (AvgIpc) is 3.49. The van der Waals surface area contributed by atoms with E-state index in [0.29, 0.717) is 19.3 Å². The molecule has 0 saturated heterocycles. The predicted octanol–water partition coefficient (Wildman–Crippen LogP) is 22.8. The molecule has 0 saturated carbocycles. The zero-order valence-electron chi connectivity index (χ0n) is 52.6. The van der Waals surface area contributed by atoms with Crippen LogP contribution < -0.4 is 0 Å². The summed E-state index contributed by atoms with van der Waals surface area (Å²) in [6, 6.07) is 0. The van der Waals surface area contributed by atoms with Crippen molar-refractivity contribution in [3.05, 3.63) is 207 Å². The Bertz CT molecular complexity index is 2030.